The van der Waals surface area contributed by atoms with Crippen LogP contribution in [-0.2, 0) is 4.74 Å². The highest BCUT2D eigenvalue weighted by molar-refractivity contribution is 6.49. The average Bonchev–Trinajstić information content (AvgIpc) is 2.37. The van der Waals surface area contributed by atoms with E-state index in [1.54, 1.807) is 6.92 Å². The van der Waals surface area contributed by atoms with Gasteiger partial charge in [0, 0.05) is 6.42 Å². The summed E-state index contributed by atoms with van der Waals surface area (Å²) in [6, 6.07) is 0. The molecule has 0 aromatic heterocycles. The molecule has 0 amide bonds. The molecular formula is C6H11Cl3O3. The van der Waals surface area contributed by atoms with E-state index in [1.165, 1.54) is 0 Å². The minimum Gasteiger partial charge on any atom is -0.353 e. The first-order chi connectivity index (χ1) is 5.19. The van der Waals surface area contributed by atoms with Crippen molar-refractivity contribution < 1.29 is 14.9 Å². The van der Waals surface area contributed by atoms with Crippen LogP contribution in [0.25, 0.3) is 0 Å². The largest absolute Gasteiger partial charge is 0.353 e. The van der Waals surface area contributed by atoms with Gasteiger partial charge in [-0.15, -0.1) is 0 Å². The van der Waals surface area contributed by atoms with Crippen molar-refractivity contribution in [3.8, 4) is 0 Å². The normalized spacial score (nSPS) is 25.8. The van der Waals surface area contributed by atoms with Crippen LogP contribution in [0, 0.1) is 0 Å². The Hall–Kier alpha value is 0.750. The number of halogens is 3. The minimum atomic E-state index is -1.99. The molecule has 1 aliphatic heterocycles. The van der Waals surface area contributed by atoms with E-state index in [0.717, 1.165) is 0 Å². The first kappa shape index (κ1) is 12.8. The fourth-order valence-electron chi connectivity index (χ4n) is 0.202. The predicted molar refractivity (Wildman–Crippen MR) is 48.3 cm³/mol. The molecule has 0 aliphatic carbocycles. The number of aliphatic hydroxyl groups is 2. The van der Waals surface area contributed by atoms with Crippen LogP contribution < -0.4 is 0 Å². The van der Waals surface area contributed by atoms with Gasteiger partial charge in [0.2, 0.25) is 9.77 Å². The van der Waals surface area contributed by atoms with Crippen molar-refractivity contribution in [1.82, 2.24) is 0 Å². The zero-order valence-electron chi connectivity index (χ0n) is 6.72. The Morgan fingerprint density at radius 1 is 1.50 bits per heavy atom. The Morgan fingerprint density at radius 3 is 1.67 bits per heavy atom. The molecule has 74 valence electrons. The molecule has 1 unspecified atom stereocenters. The highest BCUT2D eigenvalue weighted by Gasteiger charge is 2.50. The molecule has 1 aliphatic rings. The first-order valence-corrected chi connectivity index (χ1v) is 4.51. The predicted octanol–water partition coefficient (Wildman–Crippen LogP) is 1.81. The molecule has 2 N–H and O–H groups in total. The van der Waals surface area contributed by atoms with Gasteiger partial charge >= 0.3 is 0 Å². The number of ether oxygens (including phenoxy) is 1. The van der Waals surface area contributed by atoms with E-state index in [2.05, 4.69) is 4.74 Å². The van der Waals surface area contributed by atoms with E-state index >= 15 is 0 Å². The van der Waals surface area contributed by atoms with Gasteiger partial charge in [-0.1, -0.05) is 41.7 Å². The lowest BCUT2D eigenvalue weighted by molar-refractivity contribution is -0.0857. The summed E-state index contributed by atoms with van der Waals surface area (Å²) in [5.74, 6) is 0. The molecule has 0 aromatic rings. The van der Waals surface area contributed by atoms with Crippen molar-refractivity contribution in [2.45, 2.75) is 36.1 Å². The van der Waals surface area contributed by atoms with Gasteiger partial charge in [-0.05, 0) is 6.92 Å². The number of hydrogen-bond acceptors (Lipinski definition) is 3. The van der Waals surface area contributed by atoms with E-state index in [0.29, 0.717) is 0 Å². The molecule has 1 atom stereocenters. The number of epoxide rings is 1. The highest BCUT2D eigenvalue weighted by Crippen LogP contribution is 2.43. The van der Waals surface area contributed by atoms with Crippen LogP contribution in [0.3, 0.4) is 0 Å². The molecule has 1 saturated heterocycles. The molecule has 1 rings (SSSR count). The minimum absolute atomic E-state index is 0.0285. The Balaban J connectivity index is 0.000000202. The summed E-state index contributed by atoms with van der Waals surface area (Å²) in [6.07, 6.45) is 0.176. The van der Waals surface area contributed by atoms with Gasteiger partial charge in [0.1, 0.15) is 6.10 Å². The first-order valence-electron chi connectivity index (χ1n) is 3.38. The van der Waals surface area contributed by atoms with Crippen LogP contribution in [-0.4, -0.2) is 26.1 Å². The van der Waals surface area contributed by atoms with Gasteiger partial charge in [-0.3, -0.25) is 0 Å². The third-order valence-electron chi connectivity index (χ3n) is 1.20. The molecule has 0 bridgehead atoms. The number of rotatable bonds is 1. The van der Waals surface area contributed by atoms with Crippen LogP contribution in [0.1, 0.15) is 20.3 Å². The maximum absolute atomic E-state index is 8.15. The van der Waals surface area contributed by atoms with Crippen LogP contribution >= 0.6 is 34.8 Å². The standard InChI is InChI=1S/C3H4Cl2O.C3H7ClO2/c1-2-3(4,5)6-2;1-2-3(4,5)6/h2H,1H3;5-6H,2H2,1H3. The van der Waals surface area contributed by atoms with Gasteiger partial charge in [-0.2, -0.15) is 0 Å². The topological polar surface area (TPSA) is 53.0 Å². The Bertz CT molecular complexity index is 135. The van der Waals surface area contributed by atoms with E-state index < -0.39 is 9.77 Å². The van der Waals surface area contributed by atoms with Crippen molar-refractivity contribution in [3.63, 3.8) is 0 Å². The van der Waals surface area contributed by atoms with Crippen molar-refractivity contribution >= 4 is 34.8 Å². The molecule has 6 heteroatoms. The highest BCUT2D eigenvalue weighted by atomic mass is 35.5. The molecule has 0 spiro atoms. The molecule has 0 radical (unpaired) electrons. The molecular weight excluding hydrogens is 226 g/mol. The van der Waals surface area contributed by atoms with E-state index in [1.807, 2.05) is 6.92 Å². The molecule has 1 heterocycles. The summed E-state index contributed by atoms with van der Waals surface area (Å²) in [4.78, 5) is 0. The zero-order chi connectivity index (χ0) is 9.99. The second-order valence-corrected chi connectivity index (χ2v) is 4.32. The quantitative estimate of drug-likeness (QED) is 0.415. The maximum Gasteiger partial charge on any atom is 0.244 e. The molecule has 12 heavy (non-hydrogen) atoms. The SMILES string of the molecule is CC1OC1(Cl)Cl.CCC(O)(O)Cl. The second-order valence-electron chi connectivity index (χ2n) is 2.39. The summed E-state index contributed by atoms with van der Waals surface area (Å²) in [6.45, 7) is 3.40. The lowest BCUT2D eigenvalue weighted by Crippen LogP contribution is -2.16. The molecule has 0 aromatic carbocycles. The Labute approximate surface area is 86.2 Å². The molecule has 0 saturated carbocycles. The summed E-state index contributed by atoms with van der Waals surface area (Å²) >= 11 is 15.5. The van der Waals surface area contributed by atoms with Crippen molar-refractivity contribution in [1.29, 1.82) is 0 Å². The van der Waals surface area contributed by atoms with Crippen molar-refractivity contribution in [2.24, 2.45) is 0 Å². The van der Waals surface area contributed by atoms with Gasteiger partial charge < -0.3 is 14.9 Å². The second kappa shape index (κ2) is 4.31. The lowest BCUT2D eigenvalue weighted by atomic mass is 10.5. The third-order valence-corrected chi connectivity index (χ3v) is 2.26. The lowest BCUT2D eigenvalue weighted by Gasteiger charge is -2.06. The summed E-state index contributed by atoms with van der Waals surface area (Å²) in [5, 5.41) is 14.3. The monoisotopic (exact) mass is 236 g/mol. The summed E-state index contributed by atoms with van der Waals surface area (Å²) in [5.41, 5.74) is 0. The van der Waals surface area contributed by atoms with Gasteiger partial charge in [0.25, 0.3) is 0 Å². The Kier molecular flexibility index (Phi) is 4.58. The molecule has 1 fully saturated rings. The maximum atomic E-state index is 8.15. The fraction of sp³-hybridized carbons (Fsp3) is 1.00. The van der Waals surface area contributed by atoms with Gasteiger partial charge in [0.15, 0.2) is 0 Å². The number of alkyl halides is 3. The van der Waals surface area contributed by atoms with Crippen LogP contribution in [0.2, 0.25) is 0 Å². The third kappa shape index (κ3) is 6.29. The van der Waals surface area contributed by atoms with Crippen molar-refractivity contribution in [2.75, 3.05) is 0 Å². The van der Waals surface area contributed by atoms with Gasteiger partial charge in [-0.25, -0.2) is 0 Å². The summed E-state index contributed by atoms with van der Waals surface area (Å²) in [7, 11) is 0. The number of hydrogen-bond donors (Lipinski definition) is 2. The van der Waals surface area contributed by atoms with E-state index in [-0.39, 0.29) is 12.5 Å². The van der Waals surface area contributed by atoms with Gasteiger partial charge in [0.05, 0.1) is 0 Å². The fourth-order valence-corrected chi connectivity index (χ4v) is 0.469. The van der Waals surface area contributed by atoms with Crippen molar-refractivity contribution in [3.05, 3.63) is 0 Å². The summed E-state index contributed by atoms with van der Waals surface area (Å²) < 4.78 is 3.79. The van der Waals surface area contributed by atoms with E-state index in [9.17, 15) is 0 Å². The van der Waals surface area contributed by atoms with Crippen LogP contribution in [0.15, 0.2) is 0 Å². The smallest absolute Gasteiger partial charge is 0.244 e. The average molecular weight is 238 g/mol. The van der Waals surface area contributed by atoms with Crippen LogP contribution in [0.5, 0.6) is 0 Å². The van der Waals surface area contributed by atoms with E-state index in [4.69, 9.17) is 45.0 Å². The van der Waals surface area contributed by atoms with Crippen LogP contribution in [0.4, 0.5) is 0 Å². The molecule has 3 nitrogen and oxygen atoms in total. The Morgan fingerprint density at radius 2 is 1.67 bits per heavy atom. The zero-order valence-corrected chi connectivity index (χ0v) is 8.99.